The second kappa shape index (κ2) is 8.79. The Morgan fingerprint density at radius 2 is 2.09 bits per heavy atom. The molecule has 0 radical (unpaired) electrons. The molecule has 1 amide bonds. The van der Waals surface area contributed by atoms with Gasteiger partial charge in [0.2, 0.25) is 0 Å². The fourth-order valence-electron chi connectivity index (χ4n) is 4.60. The normalized spacial score (nSPS) is 20.1. The summed E-state index contributed by atoms with van der Waals surface area (Å²) in [6, 6.07) is 14.8. The zero-order valence-electron chi connectivity index (χ0n) is 18.8. The summed E-state index contributed by atoms with van der Waals surface area (Å²) >= 11 is 0. The number of nitrogens with two attached hydrogens (primary N) is 1. The average Bonchev–Trinajstić information content (AvgIpc) is 2.81. The van der Waals surface area contributed by atoms with Crippen molar-refractivity contribution in [1.29, 1.82) is 0 Å². The van der Waals surface area contributed by atoms with E-state index in [1.165, 1.54) is 0 Å². The van der Waals surface area contributed by atoms with E-state index < -0.39 is 11.0 Å². The number of para-hydroxylation sites is 1. The van der Waals surface area contributed by atoms with Gasteiger partial charge < -0.3 is 15.4 Å². The molecule has 10 heteroatoms. The lowest BCUT2D eigenvalue weighted by molar-refractivity contribution is 0.0635. The number of amides is 1. The lowest BCUT2D eigenvalue weighted by Gasteiger charge is -2.35. The van der Waals surface area contributed by atoms with Crippen LogP contribution in [0.3, 0.4) is 0 Å². The molecule has 0 spiro atoms. The molecule has 2 aliphatic rings. The van der Waals surface area contributed by atoms with Crippen LogP contribution in [-0.4, -0.2) is 50.4 Å². The number of aromatic nitrogens is 1. The number of nitrogens with one attached hydrogen (secondary N) is 1. The van der Waals surface area contributed by atoms with Crippen LogP contribution in [0.4, 0.5) is 5.69 Å². The van der Waals surface area contributed by atoms with Gasteiger partial charge in [0.1, 0.15) is 5.75 Å². The SMILES string of the molecule is Cc1cc(C(=O)N2CCCC(COc3cccc4c3C(N)=NS(O)(O)N4)C2)c2ccccc2n1. The van der Waals surface area contributed by atoms with Gasteiger partial charge in [-0.3, -0.25) is 23.6 Å². The Hall–Kier alpha value is -3.34. The summed E-state index contributed by atoms with van der Waals surface area (Å²) in [6.45, 7) is 3.60. The maximum Gasteiger partial charge on any atom is 0.254 e. The first kappa shape index (κ1) is 22.5. The predicted octanol–water partition coefficient (Wildman–Crippen LogP) is 4.19. The number of benzene rings is 2. The molecule has 178 valence electrons. The van der Waals surface area contributed by atoms with Crippen molar-refractivity contribution in [1.82, 2.24) is 9.88 Å². The Kier molecular flexibility index (Phi) is 5.80. The van der Waals surface area contributed by atoms with Crippen molar-refractivity contribution >= 4 is 39.3 Å². The number of pyridine rings is 1. The monoisotopic (exact) mass is 481 g/mol. The summed E-state index contributed by atoms with van der Waals surface area (Å²) in [5.41, 5.74) is 9.28. The van der Waals surface area contributed by atoms with Crippen LogP contribution in [0.5, 0.6) is 5.75 Å². The van der Waals surface area contributed by atoms with Gasteiger partial charge >= 0.3 is 0 Å². The number of aryl methyl sites for hydroxylation is 1. The number of amidine groups is 1. The van der Waals surface area contributed by atoms with Crippen molar-refractivity contribution in [2.75, 3.05) is 24.4 Å². The van der Waals surface area contributed by atoms with Gasteiger partial charge in [0.25, 0.3) is 5.91 Å². The van der Waals surface area contributed by atoms with Gasteiger partial charge in [0.15, 0.2) is 5.84 Å². The number of anilines is 1. The van der Waals surface area contributed by atoms with Crippen LogP contribution in [0.2, 0.25) is 0 Å². The minimum absolute atomic E-state index is 0.00859. The van der Waals surface area contributed by atoms with Crippen molar-refractivity contribution in [3.8, 4) is 5.75 Å². The molecule has 5 N–H and O–H groups in total. The van der Waals surface area contributed by atoms with E-state index in [9.17, 15) is 13.9 Å². The van der Waals surface area contributed by atoms with E-state index in [0.29, 0.717) is 42.3 Å². The summed E-state index contributed by atoms with van der Waals surface area (Å²) < 4.78 is 32.2. The highest BCUT2D eigenvalue weighted by atomic mass is 32.3. The molecule has 3 aromatic rings. The summed E-state index contributed by atoms with van der Waals surface area (Å²) in [7, 11) is -3.35. The number of fused-ring (bicyclic) bond motifs is 2. The number of likely N-dealkylation sites (tertiary alicyclic amines) is 1. The number of nitrogens with zero attached hydrogens (tertiary/aromatic N) is 3. The van der Waals surface area contributed by atoms with Crippen molar-refractivity contribution in [3.63, 3.8) is 0 Å². The minimum Gasteiger partial charge on any atom is -0.492 e. The molecule has 2 aromatic carbocycles. The molecule has 1 fully saturated rings. The fourth-order valence-corrected chi connectivity index (χ4v) is 5.48. The third kappa shape index (κ3) is 4.39. The Labute approximate surface area is 199 Å². The van der Waals surface area contributed by atoms with Crippen molar-refractivity contribution in [2.24, 2.45) is 16.0 Å². The maximum absolute atomic E-state index is 13.5. The smallest absolute Gasteiger partial charge is 0.254 e. The fraction of sp³-hybridized carbons (Fsp3) is 0.292. The average molecular weight is 482 g/mol. The first-order valence-electron chi connectivity index (χ1n) is 11.1. The van der Waals surface area contributed by atoms with Crippen LogP contribution in [0.1, 0.15) is 34.5 Å². The lowest BCUT2D eigenvalue weighted by atomic mass is 9.97. The van der Waals surface area contributed by atoms with Gasteiger partial charge in [0, 0.05) is 30.1 Å². The molecule has 5 rings (SSSR count). The van der Waals surface area contributed by atoms with E-state index in [0.717, 1.165) is 29.4 Å². The largest absolute Gasteiger partial charge is 0.492 e. The maximum atomic E-state index is 13.5. The first-order valence-corrected chi connectivity index (χ1v) is 12.6. The van der Waals surface area contributed by atoms with E-state index >= 15 is 0 Å². The van der Waals surface area contributed by atoms with Gasteiger partial charge in [-0.25, -0.2) is 0 Å². The second-order valence-electron chi connectivity index (χ2n) is 8.67. The molecule has 1 aromatic heterocycles. The Morgan fingerprint density at radius 3 is 2.94 bits per heavy atom. The number of hydrogen-bond acceptors (Lipinski definition) is 8. The molecule has 1 saturated heterocycles. The second-order valence-corrected chi connectivity index (χ2v) is 10.1. The Morgan fingerprint density at radius 1 is 1.26 bits per heavy atom. The molecular formula is C24H27N5O4S. The van der Waals surface area contributed by atoms with Crippen LogP contribution in [0.25, 0.3) is 10.9 Å². The third-order valence-corrected chi connectivity index (χ3v) is 7.06. The van der Waals surface area contributed by atoms with E-state index in [1.54, 1.807) is 18.2 Å². The summed E-state index contributed by atoms with van der Waals surface area (Å²) in [5.74, 6) is 0.692. The number of ether oxygens (including phenoxy) is 1. The van der Waals surface area contributed by atoms with Crippen molar-refractivity contribution < 1.29 is 18.6 Å². The van der Waals surface area contributed by atoms with Gasteiger partial charge in [0.05, 0.1) is 28.9 Å². The third-order valence-electron chi connectivity index (χ3n) is 6.11. The van der Waals surface area contributed by atoms with E-state index in [2.05, 4.69) is 14.1 Å². The molecule has 0 bridgehead atoms. The van der Waals surface area contributed by atoms with Gasteiger partial charge in [-0.2, -0.15) is 0 Å². The highest BCUT2D eigenvalue weighted by molar-refractivity contribution is 8.24. The van der Waals surface area contributed by atoms with Crippen molar-refractivity contribution in [2.45, 2.75) is 19.8 Å². The molecule has 1 atom stereocenters. The predicted molar refractivity (Wildman–Crippen MR) is 134 cm³/mol. The van der Waals surface area contributed by atoms with E-state index in [1.807, 2.05) is 42.2 Å². The number of carbonyl (C=O) groups is 1. The highest BCUT2D eigenvalue weighted by Gasteiger charge is 2.28. The molecule has 34 heavy (non-hydrogen) atoms. The molecule has 9 nitrogen and oxygen atoms in total. The molecule has 3 heterocycles. The summed E-state index contributed by atoms with van der Waals surface area (Å²) in [6.07, 6.45) is 1.83. The van der Waals surface area contributed by atoms with Crippen LogP contribution in [0, 0.1) is 12.8 Å². The van der Waals surface area contributed by atoms with E-state index in [4.69, 9.17) is 10.5 Å². The minimum atomic E-state index is -3.35. The van der Waals surface area contributed by atoms with Gasteiger partial charge in [-0.1, -0.05) is 24.3 Å². The van der Waals surface area contributed by atoms with Crippen LogP contribution >= 0.6 is 11.0 Å². The molecule has 1 unspecified atom stereocenters. The zero-order chi connectivity index (χ0) is 23.9. The van der Waals surface area contributed by atoms with Crippen LogP contribution < -0.4 is 15.2 Å². The topological polar surface area (TPSA) is 133 Å². The number of piperidine rings is 1. The lowest BCUT2D eigenvalue weighted by Crippen LogP contribution is -2.41. The molecule has 0 saturated carbocycles. The Balaban J connectivity index is 1.31. The van der Waals surface area contributed by atoms with Crippen LogP contribution in [-0.2, 0) is 0 Å². The van der Waals surface area contributed by atoms with Crippen molar-refractivity contribution in [3.05, 3.63) is 65.4 Å². The summed E-state index contributed by atoms with van der Waals surface area (Å²) in [5, 5.41) is 0.862. The van der Waals surface area contributed by atoms with Gasteiger partial charge in [-0.15, -0.1) is 4.40 Å². The quantitative estimate of drug-likeness (QED) is 0.439. The number of rotatable bonds is 4. The standard InChI is InChI=1S/C24H27N5O4S/c1-15-12-18(17-7-2-3-8-19(17)26-15)24(30)29-11-5-6-16(13-29)14-33-21-10-4-9-20-22(21)23(25)28-34(31,32)27-20/h2-4,7-10,12,16,27,31-32H,5-6,11,13-14H2,1H3,(H2,25,28). The summed E-state index contributed by atoms with van der Waals surface area (Å²) in [4.78, 5) is 19.9. The zero-order valence-corrected chi connectivity index (χ0v) is 19.6. The van der Waals surface area contributed by atoms with E-state index in [-0.39, 0.29) is 17.7 Å². The highest BCUT2D eigenvalue weighted by Crippen LogP contribution is 2.46. The van der Waals surface area contributed by atoms with Crippen LogP contribution in [0.15, 0.2) is 52.9 Å². The van der Waals surface area contributed by atoms with Gasteiger partial charge in [-0.05, 0) is 55.0 Å². The first-order chi connectivity index (χ1) is 16.3. The molecule has 0 aliphatic carbocycles. The number of hydrogen-bond donors (Lipinski definition) is 4. The molecular weight excluding hydrogens is 454 g/mol. The number of carbonyl (C=O) groups excluding carboxylic acids is 1. The Bertz CT molecular complexity index is 1300. The molecule has 2 aliphatic heterocycles.